The summed E-state index contributed by atoms with van der Waals surface area (Å²) in [7, 11) is 0. The molecule has 120 valence electrons. The maximum atomic E-state index is 12.9. The summed E-state index contributed by atoms with van der Waals surface area (Å²) in [5.41, 5.74) is -1.42. The van der Waals surface area contributed by atoms with Crippen molar-refractivity contribution in [1.82, 2.24) is 9.80 Å². The molecule has 0 aliphatic carbocycles. The maximum absolute atomic E-state index is 12.9. The van der Waals surface area contributed by atoms with E-state index in [1.807, 2.05) is 27.7 Å². The van der Waals surface area contributed by atoms with E-state index in [4.69, 9.17) is 0 Å². The lowest BCUT2D eigenvalue weighted by Crippen LogP contribution is -2.60. The third kappa shape index (κ3) is 3.39. The van der Waals surface area contributed by atoms with Gasteiger partial charge in [-0.3, -0.25) is 0 Å². The highest BCUT2D eigenvalue weighted by atomic mass is 16.4. The normalized spacial score (nSPS) is 22.2. The molecule has 2 amide bonds. The zero-order valence-corrected chi connectivity index (χ0v) is 13.7. The minimum absolute atomic E-state index is 0.198. The van der Waals surface area contributed by atoms with Crippen LogP contribution >= 0.6 is 0 Å². The molecule has 0 aromatic rings. The smallest absolute Gasteiger partial charge is 0.329 e. The molecule has 21 heavy (non-hydrogen) atoms. The van der Waals surface area contributed by atoms with Crippen molar-refractivity contribution < 1.29 is 14.7 Å². The van der Waals surface area contributed by atoms with Crippen LogP contribution in [0.3, 0.4) is 0 Å². The van der Waals surface area contributed by atoms with Gasteiger partial charge in [0.05, 0.1) is 0 Å². The van der Waals surface area contributed by atoms with E-state index in [0.29, 0.717) is 25.9 Å². The first-order valence-corrected chi connectivity index (χ1v) is 7.64. The van der Waals surface area contributed by atoms with Gasteiger partial charge < -0.3 is 14.9 Å². The van der Waals surface area contributed by atoms with E-state index in [-0.39, 0.29) is 11.6 Å². The molecule has 1 unspecified atom stereocenters. The summed E-state index contributed by atoms with van der Waals surface area (Å²) in [6.07, 6.45) is 4.20. The van der Waals surface area contributed by atoms with E-state index < -0.39 is 11.5 Å². The minimum atomic E-state index is -1.05. The van der Waals surface area contributed by atoms with Crippen LogP contribution in [0, 0.1) is 0 Å². The van der Waals surface area contributed by atoms with Crippen molar-refractivity contribution in [3.8, 4) is 0 Å². The van der Waals surface area contributed by atoms with Crippen LogP contribution in [0.2, 0.25) is 0 Å². The number of likely N-dealkylation sites (tertiary alicyclic amines) is 1. The third-order valence-corrected chi connectivity index (χ3v) is 4.13. The first kappa shape index (κ1) is 17.5. The van der Waals surface area contributed by atoms with E-state index >= 15 is 0 Å². The van der Waals surface area contributed by atoms with Gasteiger partial charge in [-0.15, -0.1) is 6.58 Å². The van der Waals surface area contributed by atoms with E-state index in [9.17, 15) is 14.7 Å². The molecule has 5 heteroatoms. The van der Waals surface area contributed by atoms with Crippen molar-refractivity contribution in [2.45, 2.75) is 64.5 Å². The van der Waals surface area contributed by atoms with E-state index in [2.05, 4.69) is 6.58 Å². The fourth-order valence-corrected chi connectivity index (χ4v) is 3.07. The molecule has 1 fully saturated rings. The Bertz CT molecular complexity index is 414. The highest BCUT2D eigenvalue weighted by molar-refractivity contribution is 5.87. The monoisotopic (exact) mass is 296 g/mol. The molecular weight excluding hydrogens is 268 g/mol. The topological polar surface area (TPSA) is 60.9 Å². The van der Waals surface area contributed by atoms with Crippen molar-refractivity contribution in [1.29, 1.82) is 0 Å². The van der Waals surface area contributed by atoms with Gasteiger partial charge in [0.25, 0.3) is 0 Å². The fraction of sp³-hybridized carbons (Fsp3) is 0.750. The van der Waals surface area contributed by atoms with Crippen LogP contribution in [0.4, 0.5) is 4.79 Å². The SMILES string of the molecule is C=CCN(C(=O)N1CCCC1(CCC)C(=O)O)C(C)(C)C. The Morgan fingerprint density at radius 3 is 2.48 bits per heavy atom. The van der Waals surface area contributed by atoms with Gasteiger partial charge in [0.2, 0.25) is 0 Å². The molecular formula is C16H28N2O3. The Morgan fingerprint density at radius 1 is 1.43 bits per heavy atom. The first-order chi connectivity index (χ1) is 9.70. The predicted octanol–water partition coefficient (Wildman–Crippen LogP) is 3.11. The average molecular weight is 296 g/mol. The molecule has 0 aromatic carbocycles. The molecule has 1 saturated heterocycles. The lowest BCUT2D eigenvalue weighted by Gasteiger charge is -2.42. The standard InChI is InChI=1S/C16H28N2O3/c1-6-9-16(13(19)20)10-8-12-18(16)14(21)17(11-7-2)15(3,4)5/h7H,2,6,8-12H2,1,3-5H3,(H,19,20). The summed E-state index contributed by atoms with van der Waals surface area (Å²) in [4.78, 5) is 28.0. The predicted molar refractivity (Wildman–Crippen MR) is 83.3 cm³/mol. The fourth-order valence-electron chi connectivity index (χ4n) is 3.07. The molecule has 5 nitrogen and oxygen atoms in total. The Morgan fingerprint density at radius 2 is 2.05 bits per heavy atom. The zero-order chi connectivity index (χ0) is 16.3. The Hall–Kier alpha value is -1.52. The molecule has 0 aromatic heterocycles. The number of carbonyl (C=O) groups excluding carboxylic acids is 1. The molecule has 1 N–H and O–H groups in total. The molecule has 0 bridgehead atoms. The van der Waals surface area contributed by atoms with Crippen molar-refractivity contribution >= 4 is 12.0 Å². The molecule has 1 aliphatic rings. The summed E-state index contributed by atoms with van der Waals surface area (Å²) in [6.45, 7) is 12.4. The second-order valence-electron chi connectivity index (χ2n) is 6.69. The number of hydrogen-bond donors (Lipinski definition) is 1. The average Bonchev–Trinajstić information content (AvgIpc) is 2.79. The van der Waals surface area contributed by atoms with Gasteiger partial charge >= 0.3 is 12.0 Å². The molecule has 1 heterocycles. The first-order valence-electron chi connectivity index (χ1n) is 7.64. The number of carboxylic acid groups (broad SMARTS) is 1. The van der Waals surface area contributed by atoms with Gasteiger partial charge in [-0.05, 0) is 40.0 Å². The molecule has 0 saturated carbocycles. The van der Waals surface area contributed by atoms with Crippen LogP contribution < -0.4 is 0 Å². The third-order valence-electron chi connectivity index (χ3n) is 4.13. The van der Waals surface area contributed by atoms with Crippen LogP contribution in [0.25, 0.3) is 0 Å². The Kier molecular flexibility index (Phi) is 5.42. The number of hydrogen-bond acceptors (Lipinski definition) is 2. The number of carboxylic acids is 1. The van der Waals surface area contributed by atoms with Gasteiger partial charge in [0.1, 0.15) is 5.54 Å². The Balaban J connectivity index is 3.13. The number of urea groups is 1. The largest absolute Gasteiger partial charge is 0.479 e. The summed E-state index contributed by atoms with van der Waals surface area (Å²) < 4.78 is 0. The zero-order valence-electron chi connectivity index (χ0n) is 13.7. The van der Waals surface area contributed by atoms with Crippen LogP contribution in [0.1, 0.15) is 53.4 Å². The number of amides is 2. The molecule has 0 spiro atoms. The van der Waals surface area contributed by atoms with Crippen LogP contribution in [0.15, 0.2) is 12.7 Å². The van der Waals surface area contributed by atoms with Crippen LogP contribution in [-0.4, -0.2) is 51.1 Å². The van der Waals surface area contributed by atoms with Crippen LogP contribution in [0.5, 0.6) is 0 Å². The highest BCUT2D eigenvalue weighted by Gasteiger charge is 2.50. The number of aliphatic carboxylic acids is 1. The highest BCUT2D eigenvalue weighted by Crippen LogP contribution is 2.35. The second-order valence-corrected chi connectivity index (χ2v) is 6.69. The van der Waals surface area contributed by atoms with Crippen molar-refractivity contribution in [3.63, 3.8) is 0 Å². The Labute approximate surface area is 127 Å². The van der Waals surface area contributed by atoms with Crippen molar-refractivity contribution in [2.24, 2.45) is 0 Å². The van der Waals surface area contributed by atoms with E-state index in [1.165, 1.54) is 0 Å². The molecule has 1 rings (SSSR count). The van der Waals surface area contributed by atoms with Gasteiger partial charge in [-0.1, -0.05) is 19.4 Å². The summed E-state index contributed by atoms with van der Waals surface area (Å²) >= 11 is 0. The van der Waals surface area contributed by atoms with Crippen LogP contribution in [-0.2, 0) is 4.79 Å². The lowest BCUT2D eigenvalue weighted by molar-refractivity contribution is -0.149. The quantitative estimate of drug-likeness (QED) is 0.793. The van der Waals surface area contributed by atoms with E-state index in [0.717, 1.165) is 12.8 Å². The number of nitrogens with zero attached hydrogens (tertiary/aromatic N) is 2. The van der Waals surface area contributed by atoms with E-state index in [1.54, 1.807) is 15.9 Å². The van der Waals surface area contributed by atoms with Gasteiger partial charge in [-0.2, -0.15) is 0 Å². The van der Waals surface area contributed by atoms with Gasteiger partial charge in [-0.25, -0.2) is 9.59 Å². The summed E-state index contributed by atoms with van der Waals surface area (Å²) in [6, 6.07) is -0.198. The molecule has 0 radical (unpaired) electrons. The summed E-state index contributed by atoms with van der Waals surface area (Å²) in [5.74, 6) is -0.886. The number of rotatable bonds is 5. The van der Waals surface area contributed by atoms with Gasteiger partial charge in [0.15, 0.2) is 0 Å². The maximum Gasteiger partial charge on any atom is 0.329 e. The molecule has 1 atom stereocenters. The van der Waals surface area contributed by atoms with Crippen molar-refractivity contribution in [2.75, 3.05) is 13.1 Å². The minimum Gasteiger partial charge on any atom is -0.479 e. The molecule has 1 aliphatic heterocycles. The van der Waals surface area contributed by atoms with Crippen molar-refractivity contribution in [3.05, 3.63) is 12.7 Å². The number of carbonyl (C=O) groups is 2. The van der Waals surface area contributed by atoms with Gasteiger partial charge in [0, 0.05) is 18.6 Å². The second kappa shape index (κ2) is 6.50. The lowest BCUT2D eigenvalue weighted by atomic mass is 9.90. The summed E-state index contributed by atoms with van der Waals surface area (Å²) in [5, 5.41) is 9.70.